The summed E-state index contributed by atoms with van der Waals surface area (Å²) in [5.74, 6) is 0.850. The van der Waals surface area contributed by atoms with E-state index in [9.17, 15) is 5.11 Å². The molecular formula is C16H25NO4. The maximum Gasteiger partial charge on any atom is 0.119 e. The summed E-state index contributed by atoms with van der Waals surface area (Å²) >= 11 is 0. The zero-order chi connectivity index (χ0) is 14.9. The van der Waals surface area contributed by atoms with Gasteiger partial charge in [0.1, 0.15) is 5.75 Å². The Labute approximate surface area is 126 Å². The van der Waals surface area contributed by atoms with Crippen LogP contribution in [0.1, 0.15) is 19.8 Å². The summed E-state index contributed by atoms with van der Waals surface area (Å²) in [6.07, 6.45) is 1.84. The highest BCUT2D eigenvalue weighted by atomic mass is 16.5. The minimum Gasteiger partial charge on any atom is -0.494 e. The molecule has 118 valence electrons. The zero-order valence-electron chi connectivity index (χ0n) is 12.6. The van der Waals surface area contributed by atoms with Crippen LogP contribution in [0.25, 0.3) is 0 Å². The summed E-state index contributed by atoms with van der Waals surface area (Å²) in [4.78, 5) is 0. The van der Waals surface area contributed by atoms with E-state index < -0.39 is 6.10 Å². The van der Waals surface area contributed by atoms with Crippen LogP contribution in [0.15, 0.2) is 24.3 Å². The van der Waals surface area contributed by atoms with Crippen LogP contribution >= 0.6 is 0 Å². The van der Waals surface area contributed by atoms with Crippen molar-refractivity contribution in [2.24, 2.45) is 0 Å². The molecule has 0 bridgehead atoms. The van der Waals surface area contributed by atoms with Gasteiger partial charge in [0.25, 0.3) is 0 Å². The molecule has 0 radical (unpaired) electrons. The van der Waals surface area contributed by atoms with Gasteiger partial charge in [-0.1, -0.05) is 0 Å². The van der Waals surface area contributed by atoms with E-state index in [1.807, 2.05) is 31.2 Å². The highest BCUT2D eigenvalue weighted by Gasteiger charge is 2.16. The molecule has 2 rings (SSSR count). The minimum atomic E-state index is -0.530. The number of hydrogen-bond acceptors (Lipinski definition) is 5. The number of rotatable bonds is 9. The first-order valence-electron chi connectivity index (χ1n) is 7.62. The molecule has 0 aromatic heterocycles. The van der Waals surface area contributed by atoms with E-state index in [1.54, 1.807) is 0 Å². The van der Waals surface area contributed by atoms with Crippen molar-refractivity contribution in [1.82, 2.24) is 0 Å². The van der Waals surface area contributed by atoms with E-state index >= 15 is 0 Å². The lowest BCUT2D eigenvalue weighted by atomic mass is 10.2. The number of anilines is 1. The molecule has 1 saturated heterocycles. The molecule has 1 aromatic carbocycles. The molecular weight excluding hydrogens is 270 g/mol. The molecule has 1 heterocycles. The summed E-state index contributed by atoms with van der Waals surface area (Å²) in [6.45, 7) is 4.80. The van der Waals surface area contributed by atoms with Gasteiger partial charge in [0.15, 0.2) is 0 Å². The fraction of sp³-hybridized carbons (Fsp3) is 0.625. The number of aliphatic hydroxyl groups excluding tert-OH is 1. The Morgan fingerprint density at radius 2 is 2.19 bits per heavy atom. The van der Waals surface area contributed by atoms with Gasteiger partial charge in [-0.05, 0) is 44.0 Å². The molecule has 5 heteroatoms. The summed E-state index contributed by atoms with van der Waals surface area (Å²) in [7, 11) is 0. The topological polar surface area (TPSA) is 60.0 Å². The first-order chi connectivity index (χ1) is 10.3. The first-order valence-corrected chi connectivity index (χ1v) is 7.62. The molecule has 2 unspecified atom stereocenters. The van der Waals surface area contributed by atoms with Gasteiger partial charge in [-0.25, -0.2) is 0 Å². The van der Waals surface area contributed by atoms with E-state index in [2.05, 4.69) is 5.32 Å². The van der Waals surface area contributed by atoms with E-state index in [0.717, 1.165) is 30.9 Å². The Balaban J connectivity index is 1.60. The Bertz CT molecular complexity index is 390. The van der Waals surface area contributed by atoms with E-state index in [1.165, 1.54) is 0 Å². The quantitative estimate of drug-likeness (QED) is 0.730. The fourth-order valence-corrected chi connectivity index (χ4v) is 2.24. The summed E-state index contributed by atoms with van der Waals surface area (Å²) < 4.78 is 16.3. The average Bonchev–Trinajstić information content (AvgIpc) is 3.00. The minimum absolute atomic E-state index is 0.205. The lowest BCUT2D eigenvalue weighted by Crippen LogP contribution is -2.27. The maximum absolute atomic E-state index is 9.87. The van der Waals surface area contributed by atoms with Gasteiger partial charge in [0.2, 0.25) is 0 Å². The number of ether oxygens (including phenoxy) is 3. The number of nitrogens with one attached hydrogen (secondary N) is 1. The second-order valence-electron chi connectivity index (χ2n) is 5.16. The van der Waals surface area contributed by atoms with Gasteiger partial charge in [-0.15, -0.1) is 0 Å². The van der Waals surface area contributed by atoms with Crippen molar-refractivity contribution < 1.29 is 19.3 Å². The van der Waals surface area contributed by atoms with Crippen LogP contribution in [0.2, 0.25) is 0 Å². The van der Waals surface area contributed by atoms with Crippen LogP contribution in [-0.4, -0.2) is 50.3 Å². The predicted octanol–water partition coefficient (Wildman–Crippen LogP) is 2.05. The number of benzene rings is 1. The van der Waals surface area contributed by atoms with E-state index in [0.29, 0.717) is 26.4 Å². The highest BCUT2D eigenvalue weighted by Crippen LogP contribution is 2.15. The average molecular weight is 295 g/mol. The van der Waals surface area contributed by atoms with Crippen molar-refractivity contribution in [3.8, 4) is 5.75 Å². The van der Waals surface area contributed by atoms with Gasteiger partial charge in [0.05, 0.1) is 32.0 Å². The molecule has 0 spiro atoms. The third-order valence-corrected chi connectivity index (χ3v) is 3.35. The molecule has 1 aliphatic heterocycles. The highest BCUT2D eigenvalue weighted by molar-refractivity contribution is 5.46. The molecule has 5 nitrogen and oxygen atoms in total. The fourth-order valence-electron chi connectivity index (χ4n) is 2.24. The van der Waals surface area contributed by atoms with Crippen molar-refractivity contribution in [3.05, 3.63) is 24.3 Å². The Morgan fingerprint density at radius 3 is 2.86 bits per heavy atom. The Morgan fingerprint density at radius 1 is 1.38 bits per heavy atom. The van der Waals surface area contributed by atoms with Gasteiger partial charge >= 0.3 is 0 Å². The number of aliphatic hydroxyl groups is 1. The Kier molecular flexibility index (Phi) is 6.79. The lowest BCUT2D eigenvalue weighted by molar-refractivity contribution is -0.0137. The smallest absolute Gasteiger partial charge is 0.119 e. The monoisotopic (exact) mass is 295 g/mol. The van der Waals surface area contributed by atoms with E-state index in [4.69, 9.17) is 14.2 Å². The number of hydrogen-bond donors (Lipinski definition) is 2. The van der Waals surface area contributed by atoms with Gasteiger partial charge in [-0.3, -0.25) is 0 Å². The second kappa shape index (κ2) is 8.87. The summed E-state index contributed by atoms with van der Waals surface area (Å²) in [6, 6.07) is 7.69. The third-order valence-electron chi connectivity index (χ3n) is 3.35. The van der Waals surface area contributed by atoms with Crippen molar-refractivity contribution >= 4 is 5.69 Å². The lowest BCUT2D eigenvalue weighted by Gasteiger charge is -2.15. The largest absolute Gasteiger partial charge is 0.494 e. The zero-order valence-corrected chi connectivity index (χ0v) is 12.6. The van der Waals surface area contributed by atoms with Crippen LogP contribution in [0.5, 0.6) is 5.75 Å². The third kappa shape index (κ3) is 5.91. The second-order valence-corrected chi connectivity index (χ2v) is 5.16. The molecule has 1 aromatic rings. The summed E-state index contributed by atoms with van der Waals surface area (Å²) in [5, 5.41) is 13.0. The molecule has 2 atom stereocenters. The maximum atomic E-state index is 9.87. The van der Waals surface area contributed by atoms with Crippen molar-refractivity contribution in [2.75, 3.05) is 38.3 Å². The van der Waals surface area contributed by atoms with E-state index in [-0.39, 0.29) is 6.10 Å². The molecule has 21 heavy (non-hydrogen) atoms. The van der Waals surface area contributed by atoms with Crippen molar-refractivity contribution in [2.45, 2.75) is 32.0 Å². The SMILES string of the molecule is CCOc1ccc(NCC(O)COCC2CCCO2)cc1. The van der Waals surface area contributed by atoms with Gasteiger partial charge < -0.3 is 24.6 Å². The van der Waals surface area contributed by atoms with Gasteiger partial charge in [-0.2, -0.15) is 0 Å². The van der Waals surface area contributed by atoms with Crippen LogP contribution in [0.3, 0.4) is 0 Å². The Hall–Kier alpha value is -1.30. The molecule has 2 N–H and O–H groups in total. The molecule has 0 amide bonds. The van der Waals surface area contributed by atoms with Crippen molar-refractivity contribution in [3.63, 3.8) is 0 Å². The molecule has 1 aliphatic rings. The van der Waals surface area contributed by atoms with Crippen LogP contribution < -0.4 is 10.1 Å². The predicted molar refractivity (Wildman–Crippen MR) is 81.9 cm³/mol. The van der Waals surface area contributed by atoms with Crippen molar-refractivity contribution in [1.29, 1.82) is 0 Å². The molecule has 0 saturated carbocycles. The molecule has 1 fully saturated rings. The standard InChI is InChI=1S/C16H25NO4/c1-2-20-15-7-5-13(6-8-15)17-10-14(18)11-19-12-16-4-3-9-21-16/h5-8,14,16-18H,2-4,9-12H2,1H3. The first kappa shape index (κ1) is 16.1. The molecule has 0 aliphatic carbocycles. The van der Waals surface area contributed by atoms with Crippen LogP contribution in [0.4, 0.5) is 5.69 Å². The summed E-state index contributed by atoms with van der Waals surface area (Å²) in [5.41, 5.74) is 0.955. The normalized spacial score (nSPS) is 19.4. The van der Waals surface area contributed by atoms with Gasteiger partial charge in [0, 0.05) is 18.8 Å². The van der Waals surface area contributed by atoms with Crippen LogP contribution in [-0.2, 0) is 9.47 Å². The van der Waals surface area contributed by atoms with Crippen LogP contribution in [0, 0.1) is 0 Å².